The lowest BCUT2D eigenvalue weighted by Crippen LogP contribution is -2.34. The van der Waals surface area contributed by atoms with E-state index in [9.17, 15) is 4.79 Å². The predicted octanol–water partition coefficient (Wildman–Crippen LogP) is 9.11. The Labute approximate surface area is 200 Å². The lowest BCUT2D eigenvalue weighted by atomic mass is 9.64. The summed E-state index contributed by atoms with van der Waals surface area (Å²) in [6.07, 6.45) is 25.1. The number of hydrogen-bond donors (Lipinski definition) is 0. The fourth-order valence-corrected chi connectivity index (χ4v) is 7.44. The molecule has 0 heterocycles. The van der Waals surface area contributed by atoms with Crippen LogP contribution in [0.25, 0.3) is 0 Å². The van der Waals surface area contributed by atoms with Gasteiger partial charge in [-0.05, 0) is 93.8 Å². The van der Waals surface area contributed by atoms with Crippen molar-refractivity contribution in [3.05, 3.63) is 0 Å². The zero-order chi connectivity index (χ0) is 22.8. The van der Waals surface area contributed by atoms with Gasteiger partial charge in [-0.25, -0.2) is 0 Å². The number of carbonyl (C=O) groups is 1. The standard InChI is InChI=1S/C30H54O2/c1-4-6-8-10-24-12-19-28(20-13-24)32-30(31)27-17-15-26(16-18-27)29-21-14-25(22-23(29)3)11-9-7-5-2/h23-29H,4-22H2,1-3H3/t23-,24?,25+,26-,27-,28?,29-/m1/s1. The zero-order valence-corrected chi connectivity index (χ0v) is 21.8. The van der Waals surface area contributed by atoms with Crippen LogP contribution in [0.3, 0.4) is 0 Å². The molecule has 2 heteroatoms. The first kappa shape index (κ1) is 26.1. The van der Waals surface area contributed by atoms with E-state index < -0.39 is 0 Å². The highest BCUT2D eigenvalue weighted by molar-refractivity contribution is 5.72. The van der Waals surface area contributed by atoms with Crippen molar-refractivity contribution in [3.8, 4) is 0 Å². The number of carbonyl (C=O) groups excluding carboxylic acids is 1. The molecule has 3 fully saturated rings. The molecule has 0 unspecified atom stereocenters. The first-order chi connectivity index (χ1) is 15.6. The fourth-order valence-electron chi connectivity index (χ4n) is 7.44. The third-order valence-corrected chi connectivity index (χ3v) is 9.56. The minimum Gasteiger partial charge on any atom is -0.462 e. The van der Waals surface area contributed by atoms with Crippen molar-refractivity contribution in [3.63, 3.8) is 0 Å². The normalized spacial score (nSPS) is 36.0. The highest BCUT2D eigenvalue weighted by atomic mass is 16.5. The average molecular weight is 447 g/mol. The molecule has 3 rings (SSSR count). The summed E-state index contributed by atoms with van der Waals surface area (Å²) >= 11 is 0. The van der Waals surface area contributed by atoms with Gasteiger partial charge >= 0.3 is 5.97 Å². The molecule has 186 valence electrons. The van der Waals surface area contributed by atoms with E-state index in [-0.39, 0.29) is 18.0 Å². The molecule has 3 atom stereocenters. The zero-order valence-electron chi connectivity index (χ0n) is 21.8. The number of unbranched alkanes of at least 4 members (excludes halogenated alkanes) is 4. The van der Waals surface area contributed by atoms with Gasteiger partial charge in [0.1, 0.15) is 6.10 Å². The van der Waals surface area contributed by atoms with Gasteiger partial charge in [0.25, 0.3) is 0 Å². The third-order valence-electron chi connectivity index (χ3n) is 9.56. The van der Waals surface area contributed by atoms with Crippen molar-refractivity contribution in [2.45, 2.75) is 149 Å². The molecule has 0 radical (unpaired) electrons. The van der Waals surface area contributed by atoms with Crippen LogP contribution in [-0.4, -0.2) is 12.1 Å². The molecule has 0 spiro atoms. The third kappa shape index (κ3) is 8.05. The van der Waals surface area contributed by atoms with Crippen LogP contribution in [0.2, 0.25) is 0 Å². The van der Waals surface area contributed by atoms with Gasteiger partial charge in [-0.1, -0.05) is 78.6 Å². The summed E-state index contributed by atoms with van der Waals surface area (Å²) in [4.78, 5) is 12.9. The first-order valence-electron chi connectivity index (χ1n) is 14.8. The van der Waals surface area contributed by atoms with Crippen molar-refractivity contribution in [2.75, 3.05) is 0 Å². The van der Waals surface area contributed by atoms with Gasteiger partial charge in [0.05, 0.1) is 5.92 Å². The van der Waals surface area contributed by atoms with E-state index in [0.29, 0.717) is 0 Å². The van der Waals surface area contributed by atoms with Crippen molar-refractivity contribution in [1.29, 1.82) is 0 Å². The van der Waals surface area contributed by atoms with Crippen LogP contribution in [0.5, 0.6) is 0 Å². The minimum absolute atomic E-state index is 0.144. The van der Waals surface area contributed by atoms with Crippen LogP contribution in [0.15, 0.2) is 0 Å². The smallest absolute Gasteiger partial charge is 0.309 e. The van der Waals surface area contributed by atoms with E-state index in [0.717, 1.165) is 55.3 Å². The van der Waals surface area contributed by atoms with Crippen LogP contribution in [-0.2, 0) is 9.53 Å². The molecule has 32 heavy (non-hydrogen) atoms. The van der Waals surface area contributed by atoms with Gasteiger partial charge in [0, 0.05) is 0 Å². The lowest BCUT2D eigenvalue weighted by Gasteiger charge is -2.41. The van der Waals surface area contributed by atoms with Crippen LogP contribution in [0.1, 0.15) is 143 Å². The highest BCUT2D eigenvalue weighted by Crippen LogP contribution is 2.45. The molecule has 0 aromatic rings. The summed E-state index contributed by atoms with van der Waals surface area (Å²) in [5, 5.41) is 0. The molecule has 3 aliphatic carbocycles. The molecule has 0 aromatic carbocycles. The van der Waals surface area contributed by atoms with E-state index >= 15 is 0 Å². The van der Waals surface area contributed by atoms with E-state index in [1.54, 1.807) is 0 Å². The number of ether oxygens (including phenoxy) is 1. The molecule has 3 saturated carbocycles. The predicted molar refractivity (Wildman–Crippen MR) is 136 cm³/mol. The maximum Gasteiger partial charge on any atom is 0.309 e. The quantitative estimate of drug-likeness (QED) is 0.233. The van der Waals surface area contributed by atoms with Crippen LogP contribution < -0.4 is 0 Å². The van der Waals surface area contributed by atoms with Crippen LogP contribution in [0, 0.1) is 35.5 Å². The van der Waals surface area contributed by atoms with Gasteiger partial charge in [-0.2, -0.15) is 0 Å². The fraction of sp³-hybridized carbons (Fsp3) is 0.967. The molecule has 0 aliphatic heterocycles. The second-order valence-corrected chi connectivity index (χ2v) is 12.0. The van der Waals surface area contributed by atoms with E-state index in [1.165, 1.54) is 96.3 Å². The Morgan fingerprint density at radius 2 is 1.31 bits per heavy atom. The van der Waals surface area contributed by atoms with Crippen molar-refractivity contribution >= 4 is 5.97 Å². The number of hydrogen-bond acceptors (Lipinski definition) is 2. The van der Waals surface area contributed by atoms with Crippen molar-refractivity contribution < 1.29 is 9.53 Å². The monoisotopic (exact) mass is 446 g/mol. The summed E-state index contributed by atoms with van der Waals surface area (Å²) in [5.41, 5.74) is 0. The molecule has 0 bridgehead atoms. The number of rotatable bonds is 11. The summed E-state index contributed by atoms with van der Waals surface area (Å²) < 4.78 is 6.03. The van der Waals surface area contributed by atoms with Crippen LogP contribution in [0.4, 0.5) is 0 Å². The Hall–Kier alpha value is -0.530. The van der Waals surface area contributed by atoms with Gasteiger partial charge in [0.2, 0.25) is 0 Å². The summed E-state index contributed by atoms with van der Waals surface area (Å²) in [5.74, 6) is 4.87. The van der Waals surface area contributed by atoms with Crippen molar-refractivity contribution in [1.82, 2.24) is 0 Å². The Balaban J connectivity index is 1.32. The van der Waals surface area contributed by atoms with Gasteiger partial charge in [-0.3, -0.25) is 4.79 Å². The highest BCUT2D eigenvalue weighted by Gasteiger charge is 2.37. The van der Waals surface area contributed by atoms with Crippen molar-refractivity contribution in [2.24, 2.45) is 35.5 Å². The Morgan fingerprint density at radius 3 is 1.91 bits per heavy atom. The van der Waals surface area contributed by atoms with E-state index in [4.69, 9.17) is 4.74 Å². The van der Waals surface area contributed by atoms with Gasteiger partial charge in [-0.15, -0.1) is 0 Å². The Morgan fingerprint density at radius 1 is 0.719 bits per heavy atom. The SMILES string of the molecule is CCCCCC1CCC(OC(=O)[C@H]2CC[C@H]([C@@H]3CC[C@H](CCCCC)C[C@H]3C)CC2)CC1. The topological polar surface area (TPSA) is 26.3 Å². The first-order valence-corrected chi connectivity index (χ1v) is 14.8. The average Bonchev–Trinajstić information content (AvgIpc) is 2.81. The molecular weight excluding hydrogens is 392 g/mol. The molecule has 0 saturated heterocycles. The largest absolute Gasteiger partial charge is 0.462 e. The molecule has 2 nitrogen and oxygen atoms in total. The summed E-state index contributed by atoms with van der Waals surface area (Å²) in [6, 6.07) is 0. The molecular formula is C30H54O2. The second-order valence-electron chi connectivity index (χ2n) is 12.0. The maximum absolute atomic E-state index is 12.9. The summed E-state index contributed by atoms with van der Waals surface area (Å²) in [7, 11) is 0. The Kier molecular flexibility index (Phi) is 11.4. The lowest BCUT2D eigenvalue weighted by molar-refractivity contribution is -0.157. The minimum atomic E-state index is 0.144. The molecule has 0 aromatic heterocycles. The van der Waals surface area contributed by atoms with Gasteiger partial charge in [0.15, 0.2) is 0 Å². The number of esters is 1. The molecule has 0 N–H and O–H groups in total. The van der Waals surface area contributed by atoms with Gasteiger partial charge < -0.3 is 4.74 Å². The second kappa shape index (κ2) is 14.0. The molecule has 3 aliphatic rings. The van der Waals surface area contributed by atoms with E-state index in [2.05, 4.69) is 20.8 Å². The van der Waals surface area contributed by atoms with E-state index in [1.807, 2.05) is 0 Å². The Bertz CT molecular complexity index is 513. The van der Waals surface area contributed by atoms with Crippen LogP contribution >= 0.6 is 0 Å². The maximum atomic E-state index is 12.9. The summed E-state index contributed by atoms with van der Waals surface area (Å²) in [6.45, 7) is 7.12. The molecule has 0 amide bonds.